The lowest BCUT2D eigenvalue weighted by molar-refractivity contribution is -0.376. The molecule has 1 aromatic carbocycles. The summed E-state index contributed by atoms with van der Waals surface area (Å²) in [5.74, 6) is 1.90. The number of H-pyrrole nitrogens is 1. The molecular formula is C24H29N6O+. The van der Waals surface area contributed by atoms with E-state index in [9.17, 15) is 5.26 Å². The van der Waals surface area contributed by atoms with E-state index in [-0.39, 0.29) is 0 Å². The summed E-state index contributed by atoms with van der Waals surface area (Å²) in [6.07, 6.45) is 3.93. The Bertz CT molecular complexity index is 1140. The largest absolute Gasteiger partial charge is 0.462 e. The predicted octanol–water partition coefficient (Wildman–Crippen LogP) is 3.37. The lowest BCUT2D eigenvalue weighted by Gasteiger charge is -2.29. The summed E-state index contributed by atoms with van der Waals surface area (Å²) in [5, 5.41) is 11.5. The highest BCUT2D eigenvalue weighted by atomic mass is 16.5. The van der Waals surface area contributed by atoms with Crippen molar-refractivity contribution in [3.63, 3.8) is 0 Å². The molecule has 1 fully saturated rings. The van der Waals surface area contributed by atoms with Crippen molar-refractivity contribution in [2.75, 3.05) is 36.1 Å². The Morgan fingerprint density at radius 2 is 1.84 bits per heavy atom. The Labute approximate surface area is 182 Å². The Morgan fingerprint density at radius 1 is 1.13 bits per heavy atom. The van der Waals surface area contributed by atoms with E-state index < -0.39 is 0 Å². The lowest BCUT2D eigenvalue weighted by Crippen LogP contribution is -2.31. The van der Waals surface area contributed by atoms with Crippen molar-refractivity contribution in [3.05, 3.63) is 46.5 Å². The van der Waals surface area contributed by atoms with Gasteiger partial charge in [0.25, 0.3) is 11.7 Å². The van der Waals surface area contributed by atoms with Crippen molar-refractivity contribution < 1.29 is 9.72 Å². The van der Waals surface area contributed by atoms with Crippen molar-refractivity contribution in [1.82, 2.24) is 4.98 Å². The molecule has 31 heavy (non-hydrogen) atoms. The summed E-state index contributed by atoms with van der Waals surface area (Å²) < 4.78 is 5.93. The maximum absolute atomic E-state index is 10.2. The average molecular weight is 418 g/mol. The molecule has 2 aromatic heterocycles. The highest BCUT2D eigenvalue weighted by Crippen LogP contribution is 2.38. The standard InChI is InChI=1S/C24H28N6O/c1-3-31-24-17(13-16-9-7-15(2)8-10-16)19-18(14-25)23(30-11-5-4-6-12-30)28-21(26)20(19)22(27)29-24/h7-10H,3-6,11-13H2,1-2H3,(H2,26,28)(H2,27,29)/p+1. The fourth-order valence-electron chi connectivity index (χ4n) is 4.33. The van der Waals surface area contributed by atoms with Gasteiger partial charge in [0.2, 0.25) is 0 Å². The van der Waals surface area contributed by atoms with Crippen LogP contribution >= 0.6 is 0 Å². The van der Waals surface area contributed by atoms with E-state index in [1.807, 2.05) is 6.92 Å². The topological polar surface area (TPSA) is 115 Å². The SMILES string of the molecule is CCOc1[nH+]c(N)c2c(N)nc(N3CCCCC3)c(C#N)c2c1Cc1ccc(C)cc1. The number of aryl methyl sites for hydroxylation is 1. The summed E-state index contributed by atoms with van der Waals surface area (Å²) in [4.78, 5) is 9.95. The number of aromatic amines is 1. The van der Waals surface area contributed by atoms with E-state index in [4.69, 9.17) is 16.2 Å². The van der Waals surface area contributed by atoms with Gasteiger partial charge in [0.1, 0.15) is 28.7 Å². The van der Waals surface area contributed by atoms with Crippen molar-refractivity contribution in [2.45, 2.75) is 39.5 Å². The quantitative estimate of drug-likeness (QED) is 0.658. The third-order valence-corrected chi connectivity index (χ3v) is 5.86. The first-order chi connectivity index (χ1) is 15.0. The van der Waals surface area contributed by atoms with Crippen molar-refractivity contribution >= 4 is 28.2 Å². The number of fused-ring (bicyclic) bond motifs is 1. The summed E-state index contributed by atoms with van der Waals surface area (Å²) in [6.45, 7) is 6.20. The van der Waals surface area contributed by atoms with Gasteiger partial charge in [-0.1, -0.05) is 29.8 Å². The molecule has 3 heterocycles. The van der Waals surface area contributed by atoms with Crippen LogP contribution in [-0.4, -0.2) is 24.7 Å². The molecule has 0 unspecified atom stereocenters. The number of piperidine rings is 1. The zero-order chi connectivity index (χ0) is 22.0. The molecule has 7 nitrogen and oxygen atoms in total. The fourth-order valence-corrected chi connectivity index (χ4v) is 4.33. The minimum atomic E-state index is 0.330. The van der Waals surface area contributed by atoms with Crippen LogP contribution < -0.4 is 26.1 Å². The molecule has 1 saturated heterocycles. The van der Waals surface area contributed by atoms with Gasteiger partial charge < -0.3 is 15.4 Å². The van der Waals surface area contributed by atoms with Gasteiger partial charge in [-0.3, -0.25) is 5.73 Å². The zero-order valence-corrected chi connectivity index (χ0v) is 18.2. The minimum absolute atomic E-state index is 0.330. The summed E-state index contributed by atoms with van der Waals surface area (Å²) in [5.41, 5.74) is 16.4. The number of aromatic nitrogens is 2. The number of anilines is 3. The summed E-state index contributed by atoms with van der Waals surface area (Å²) in [7, 11) is 0. The average Bonchev–Trinajstić information content (AvgIpc) is 2.78. The number of nitriles is 1. The Balaban J connectivity index is 2.00. The normalized spacial score (nSPS) is 13.9. The molecule has 0 spiro atoms. The predicted molar refractivity (Wildman–Crippen MR) is 123 cm³/mol. The number of nitrogens with zero attached hydrogens (tertiary/aromatic N) is 3. The second-order valence-corrected chi connectivity index (χ2v) is 8.05. The zero-order valence-electron chi connectivity index (χ0n) is 18.2. The van der Waals surface area contributed by atoms with Crippen molar-refractivity contribution in [2.24, 2.45) is 0 Å². The van der Waals surface area contributed by atoms with Gasteiger partial charge in [0.05, 0.1) is 12.2 Å². The molecule has 160 valence electrons. The number of rotatable bonds is 5. The number of ether oxygens (including phenoxy) is 1. The Hall–Kier alpha value is -3.53. The van der Waals surface area contributed by atoms with Crippen LogP contribution in [0.5, 0.6) is 5.88 Å². The van der Waals surface area contributed by atoms with Gasteiger partial charge in [0.15, 0.2) is 0 Å². The molecule has 0 bridgehead atoms. The molecule has 4 rings (SSSR count). The van der Waals surface area contributed by atoms with Crippen LogP contribution in [0.15, 0.2) is 24.3 Å². The van der Waals surface area contributed by atoms with Crippen LogP contribution in [0.4, 0.5) is 17.5 Å². The molecule has 0 radical (unpaired) electrons. The molecular weight excluding hydrogens is 388 g/mol. The number of nitrogens with two attached hydrogens (primary N) is 2. The van der Waals surface area contributed by atoms with E-state index in [0.717, 1.165) is 42.4 Å². The molecule has 0 saturated carbocycles. The van der Waals surface area contributed by atoms with E-state index in [1.165, 1.54) is 12.0 Å². The first-order valence-electron chi connectivity index (χ1n) is 10.8. The second-order valence-electron chi connectivity index (χ2n) is 8.05. The van der Waals surface area contributed by atoms with E-state index in [2.05, 4.69) is 52.1 Å². The maximum atomic E-state index is 10.2. The van der Waals surface area contributed by atoms with Crippen LogP contribution in [0.2, 0.25) is 0 Å². The molecule has 5 N–H and O–H groups in total. The van der Waals surface area contributed by atoms with Crippen LogP contribution in [0.25, 0.3) is 10.8 Å². The maximum Gasteiger partial charge on any atom is 0.286 e. The Kier molecular flexibility index (Phi) is 5.81. The number of nitrogen functional groups attached to an aromatic ring is 2. The van der Waals surface area contributed by atoms with E-state index in [1.54, 1.807) is 0 Å². The molecule has 3 aromatic rings. The van der Waals surface area contributed by atoms with E-state index >= 15 is 0 Å². The number of hydrogen-bond donors (Lipinski definition) is 2. The number of benzene rings is 1. The highest BCUT2D eigenvalue weighted by Gasteiger charge is 2.27. The first-order valence-corrected chi connectivity index (χ1v) is 10.8. The van der Waals surface area contributed by atoms with Crippen molar-refractivity contribution in [3.8, 4) is 11.9 Å². The van der Waals surface area contributed by atoms with Gasteiger partial charge in [0, 0.05) is 24.9 Å². The van der Waals surface area contributed by atoms with Crippen LogP contribution in [0, 0.1) is 18.3 Å². The smallest absolute Gasteiger partial charge is 0.286 e. The molecule has 1 aliphatic rings. The molecule has 0 atom stereocenters. The monoisotopic (exact) mass is 417 g/mol. The molecule has 0 amide bonds. The number of hydrogen-bond acceptors (Lipinski definition) is 6. The van der Waals surface area contributed by atoms with Gasteiger partial charge >= 0.3 is 0 Å². The summed E-state index contributed by atoms with van der Waals surface area (Å²) in [6, 6.07) is 10.8. The highest BCUT2D eigenvalue weighted by molar-refractivity contribution is 6.05. The lowest BCUT2D eigenvalue weighted by atomic mass is 9.96. The van der Waals surface area contributed by atoms with Crippen molar-refractivity contribution in [1.29, 1.82) is 5.26 Å². The third kappa shape index (κ3) is 3.93. The van der Waals surface area contributed by atoms with Gasteiger partial charge in [-0.2, -0.15) is 5.26 Å². The fraction of sp³-hybridized carbons (Fsp3) is 0.375. The molecule has 7 heteroatoms. The molecule has 1 aliphatic heterocycles. The number of pyridine rings is 2. The first kappa shape index (κ1) is 20.7. The summed E-state index contributed by atoms with van der Waals surface area (Å²) >= 11 is 0. The minimum Gasteiger partial charge on any atom is -0.462 e. The van der Waals surface area contributed by atoms with Gasteiger partial charge in [-0.15, -0.1) is 0 Å². The second kappa shape index (κ2) is 8.68. The Morgan fingerprint density at radius 3 is 2.48 bits per heavy atom. The number of nitrogens with one attached hydrogen (secondary N) is 1. The van der Waals surface area contributed by atoms with E-state index in [0.29, 0.717) is 47.3 Å². The van der Waals surface area contributed by atoms with Crippen LogP contribution in [0.3, 0.4) is 0 Å². The van der Waals surface area contributed by atoms with Crippen LogP contribution in [-0.2, 0) is 6.42 Å². The molecule has 0 aliphatic carbocycles. The van der Waals surface area contributed by atoms with Crippen LogP contribution in [0.1, 0.15) is 48.4 Å². The third-order valence-electron chi connectivity index (χ3n) is 5.86. The van der Waals surface area contributed by atoms with Gasteiger partial charge in [-0.05, 0) is 38.7 Å². The van der Waals surface area contributed by atoms with Gasteiger partial charge in [-0.25, -0.2) is 9.97 Å².